The molecule has 1 heterocycles. The van der Waals surface area contributed by atoms with Gasteiger partial charge in [0.1, 0.15) is 0 Å². The van der Waals surface area contributed by atoms with E-state index in [-0.39, 0.29) is 12.4 Å². The third-order valence-corrected chi connectivity index (χ3v) is 4.68. The zero-order valence-electron chi connectivity index (χ0n) is 14.8. The first-order valence-electron chi connectivity index (χ1n) is 8.51. The molecule has 3 aromatic rings. The van der Waals surface area contributed by atoms with Gasteiger partial charge < -0.3 is 20.4 Å². The van der Waals surface area contributed by atoms with Crippen molar-refractivity contribution in [3.8, 4) is 0 Å². The van der Waals surface area contributed by atoms with Crippen molar-refractivity contribution in [1.29, 1.82) is 0 Å². The number of carbonyl (C=O) groups excluding carboxylic acids is 1. The van der Waals surface area contributed by atoms with Gasteiger partial charge in [-0.2, -0.15) is 0 Å². The molecule has 0 amide bonds. The van der Waals surface area contributed by atoms with Crippen LogP contribution in [0.5, 0.6) is 0 Å². The number of halogens is 1. The number of hydrogen-bond acceptors (Lipinski definition) is 3. The van der Waals surface area contributed by atoms with Crippen molar-refractivity contribution in [3.05, 3.63) is 64.8 Å². The molecule has 3 N–H and O–H groups in total. The molecule has 5 nitrogen and oxygen atoms in total. The summed E-state index contributed by atoms with van der Waals surface area (Å²) in [6, 6.07) is 13.3. The lowest BCUT2D eigenvalue weighted by Gasteiger charge is -2.11. The van der Waals surface area contributed by atoms with E-state index in [0.717, 1.165) is 33.6 Å². The Morgan fingerprint density at radius 1 is 1.22 bits per heavy atom. The van der Waals surface area contributed by atoms with Crippen LogP contribution in [-0.4, -0.2) is 29.7 Å². The molecule has 0 spiro atoms. The molecule has 7 heteroatoms. The van der Waals surface area contributed by atoms with Crippen LogP contribution in [0.15, 0.2) is 48.7 Å². The summed E-state index contributed by atoms with van der Waals surface area (Å²) in [6.07, 6.45) is 3.08. The van der Waals surface area contributed by atoms with Crippen LogP contribution in [-0.2, 0) is 22.4 Å². The van der Waals surface area contributed by atoms with Crippen molar-refractivity contribution in [2.24, 2.45) is 0 Å². The smallest absolute Gasteiger partial charge is 0.309 e. The van der Waals surface area contributed by atoms with Crippen LogP contribution in [0.25, 0.3) is 10.9 Å². The minimum absolute atomic E-state index is 0.258. The summed E-state index contributed by atoms with van der Waals surface area (Å²) in [6.45, 7) is 0.700. The molecule has 0 atom stereocenters. The first-order valence-corrected chi connectivity index (χ1v) is 9.30. The molecule has 0 bridgehead atoms. The number of fused-ring (bicyclic) bond motifs is 1. The zero-order valence-corrected chi connectivity index (χ0v) is 16.4. The highest BCUT2D eigenvalue weighted by Gasteiger charge is 2.06. The van der Waals surface area contributed by atoms with E-state index in [9.17, 15) is 4.79 Å². The van der Waals surface area contributed by atoms with Crippen molar-refractivity contribution >= 4 is 51.5 Å². The third-order valence-electron chi connectivity index (χ3n) is 4.20. The summed E-state index contributed by atoms with van der Waals surface area (Å²) < 4.78 is 4.66. The third kappa shape index (κ3) is 5.21. The van der Waals surface area contributed by atoms with Gasteiger partial charge in [-0.15, -0.1) is 0 Å². The quantitative estimate of drug-likeness (QED) is 0.429. The first kappa shape index (κ1) is 19.2. The van der Waals surface area contributed by atoms with Crippen LogP contribution in [0.1, 0.15) is 11.1 Å². The number of thiocarbonyl (C=S) groups is 1. The minimum Gasteiger partial charge on any atom is -0.469 e. The van der Waals surface area contributed by atoms with E-state index in [2.05, 4.69) is 20.4 Å². The number of nitrogens with one attached hydrogen (secondary N) is 3. The van der Waals surface area contributed by atoms with E-state index in [1.165, 1.54) is 12.7 Å². The van der Waals surface area contributed by atoms with E-state index in [1.54, 1.807) is 0 Å². The van der Waals surface area contributed by atoms with E-state index < -0.39 is 0 Å². The summed E-state index contributed by atoms with van der Waals surface area (Å²) >= 11 is 11.4. The van der Waals surface area contributed by atoms with Crippen LogP contribution in [0.4, 0.5) is 5.69 Å². The lowest BCUT2D eigenvalue weighted by atomic mass is 10.1. The molecule has 0 aliphatic heterocycles. The predicted octanol–water partition coefficient (Wildman–Crippen LogP) is 4.07. The van der Waals surface area contributed by atoms with Crippen LogP contribution in [0, 0.1) is 0 Å². The van der Waals surface area contributed by atoms with Crippen LogP contribution in [0.2, 0.25) is 5.02 Å². The number of H-pyrrole nitrogens is 1. The molecular weight excluding hydrogens is 382 g/mol. The summed E-state index contributed by atoms with van der Waals surface area (Å²) in [5.41, 5.74) is 4.02. The van der Waals surface area contributed by atoms with E-state index in [0.29, 0.717) is 11.7 Å². The maximum absolute atomic E-state index is 11.3. The summed E-state index contributed by atoms with van der Waals surface area (Å²) in [7, 11) is 1.38. The Morgan fingerprint density at radius 2 is 2.00 bits per heavy atom. The van der Waals surface area contributed by atoms with E-state index in [4.69, 9.17) is 23.8 Å². The molecule has 3 rings (SSSR count). The molecule has 0 aliphatic carbocycles. The fourth-order valence-electron chi connectivity index (χ4n) is 2.79. The average Bonchev–Trinajstić information content (AvgIpc) is 3.05. The Kier molecular flexibility index (Phi) is 6.32. The van der Waals surface area contributed by atoms with Gasteiger partial charge in [0.2, 0.25) is 0 Å². The maximum atomic E-state index is 11.3. The van der Waals surface area contributed by atoms with Crippen molar-refractivity contribution in [3.63, 3.8) is 0 Å². The van der Waals surface area contributed by atoms with Crippen LogP contribution in [0.3, 0.4) is 0 Å². The number of anilines is 1. The molecule has 27 heavy (non-hydrogen) atoms. The molecule has 0 saturated heterocycles. The van der Waals surface area contributed by atoms with E-state index in [1.807, 2.05) is 48.7 Å². The number of aromatic amines is 1. The lowest BCUT2D eigenvalue weighted by molar-refractivity contribution is -0.139. The highest BCUT2D eigenvalue weighted by molar-refractivity contribution is 7.80. The Morgan fingerprint density at radius 3 is 2.74 bits per heavy atom. The fourth-order valence-corrected chi connectivity index (χ4v) is 3.18. The SMILES string of the molecule is COC(=O)Cc1ccc(NC(=S)NCCc2c[nH]c3ccc(Cl)cc23)cc1. The topological polar surface area (TPSA) is 66.2 Å². The number of carbonyl (C=O) groups is 1. The first-order chi connectivity index (χ1) is 13.0. The summed E-state index contributed by atoms with van der Waals surface area (Å²) in [4.78, 5) is 14.5. The molecule has 2 aromatic carbocycles. The second kappa shape index (κ2) is 8.88. The Balaban J connectivity index is 1.49. The van der Waals surface area contributed by atoms with Gasteiger partial charge in [0.05, 0.1) is 13.5 Å². The molecular formula is C20H20ClN3O2S. The van der Waals surface area contributed by atoms with Crippen LogP contribution < -0.4 is 10.6 Å². The van der Waals surface area contributed by atoms with Gasteiger partial charge in [0.25, 0.3) is 0 Å². The molecule has 1 aromatic heterocycles. The normalized spacial score (nSPS) is 10.6. The van der Waals surface area contributed by atoms with Crippen molar-refractivity contribution in [2.75, 3.05) is 19.0 Å². The van der Waals surface area contributed by atoms with Gasteiger partial charge in [-0.25, -0.2) is 0 Å². The number of aromatic nitrogens is 1. The standard InChI is InChI=1S/C20H20ClN3O2S/c1-26-19(25)10-13-2-5-16(6-3-13)24-20(27)22-9-8-14-12-23-18-7-4-15(21)11-17(14)18/h2-7,11-12,23H,8-10H2,1H3,(H2,22,24,27). The Hall–Kier alpha value is -2.57. The summed E-state index contributed by atoms with van der Waals surface area (Å²) in [5, 5.41) is 8.75. The lowest BCUT2D eigenvalue weighted by Crippen LogP contribution is -2.30. The number of rotatable bonds is 6. The highest BCUT2D eigenvalue weighted by atomic mass is 35.5. The fraction of sp³-hybridized carbons (Fsp3) is 0.200. The van der Waals surface area contributed by atoms with Crippen molar-refractivity contribution in [2.45, 2.75) is 12.8 Å². The van der Waals surface area contributed by atoms with Gasteiger partial charge in [-0.3, -0.25) is 4.79 Å². The van der Waals surface area contributed by atoms with E-state index >= 15 is 0 Å². The van der Waals surface area contributed by atoms with Gasteiger partial charge in [0.15, 0.2) is 5.11 Å². The Bertz CT molecular complexity index is 954. The monoisotopic (exact) mass is 401 g/mol. The number of methoxy groups -OCH3 is 1. The van der Waals surface area contributed by atoms with Gasteiger partial charge in [-0.05, 0) is 60.1 Å². The molecule has 0 radical (unpaired) electrons. The van der Waals surface area contributed by atoms with Crippen molar-refractivity contribution in [1.82, 2.24) is 10.3 Å². The number of esters is 1. The predicted molar refractivity (Wildman–Crippen MR) is 113 cm³/mol. The second-order valence-electron chi connectivity index (χ2n) is 6.08. The van der Waals surface area contributed by atoms with Crippen molar-refractivity contribution < 1.29 is 9.53 Å². The van der Waals surface area contributed by atoms with Gasteiger partial charge in [-0.1, -0.05) is 23.7 Å². The largest absolute Gasteiger partial charge is 0.469 e. The number of benzene rings is 2. The molecule has 140 valence electrons. The van der Waals surface area contributed by atoms with Gasteiger partial charge in [0, 0.05) is 34.4 Å². The highest BCUT2D eigenvalue weighted by Crippen LogP contribution is 2.22. The number of ether oxygens (including phenoxy) is 1. The second-order valence-corrected chi connectivity index (χ2v) is 6.93. The van der Waals surface area contributed by atoms with Gasteiger partial charge >= 0.3 is 5.97 Å². The zero-order chi connectivity index (χ0) is 19.2. The van der Waals surface area contributed by atoms with Crippen LogP contribution >= 0.6 is 23.8 Å². The molecule has 0 fully saturated rings. The maximum Gasteiger partial charge on any atom is 0.309 e. The average molecular weight is 402 g/mol. The minimum atomic E-state index is -0.258. The summed E-state index contributed by atoms with van der Waals surface area (Å²) in [5.74, 6) is -0.258. The molecule has 0 saturated carbocycles. The molecule has 0 unspecified atom stereocenters. The Labute approximate surface area is 168 Å². The number of hydrogen-bond donors (Lipinski definition) is 3. The molecule has 0 aliphatic rings.